The molecule has 160 valence electrons. The van der Waals surface area contributed by atoms with Gasteiger partial charge in [0.05, 0.1) is 13.2 Å². The zero-order valence-corrected chi connectivity index (χ0v) is 17.7. The molecule has 0 aliphatic heterocycles. The molecule has 5 heteroatoms. The Balaban J connectivity index is 1.98. The van der Waals surface area contributed by atoms with Crippen LogP contribution >= 0.6 is 0 Å². The summed E-state index contributed by atoms with van der Waals surface area (Å²) >= 11 is 0. The predicted molar refractivity (Wildman–Crippen MR) is 119 cm³/mol. The van der Waals surface area contributed by atoms with E-state index in [0.717, 1.165) is 10.8 Å². The number of rotatable bonds is 9. The molecule has 0 bridgehead atoms. The first-order valence-corrected chi connectivity index (χ1v) is 10.4. The fourth-order valence-corrected chi connectivity index (χ4v) is 3.70. The van der Waals surface area contributed by atoms with E-state index in [1.807, 2.05) is 66.7 Å². The quantitative estimate of drug-likeness (QED) is 0.280. The van der Waals surface area contributed by atoms with E-state index in [9.17, 15) is 14.4 Å². The lowest BCUT2D eigenvalue weighted by Crippen LogP contribution is -2.34. The second-order valence-corrected chi connectivity index (χ2v) is 7.19. The minimum atomic E-state index is -1.22. The van der Waals surface area contributed by atoms with Crippen molar-refractivity contribution in [2.45, 2.75) is 26.2 Å². The molecule has 5 nitrogen and oxygen atoms in total. The van der Waals surface area contributed by atoms with Crippen LogP contribution in [0.3, 0.4) is 0 Å². The Bertz CT molecular complexity index is 1040. The van der Waals surface area contributed by atoms with E-state index in [1.54, 1.807) is 19.9 Å². The van der Waals surface area contributed by atoms with Crippen molar-refractivity contribution in [3.63, 3.8) is 0 Å². The standard InChI is InChI=1S/C26H26O5/c1-3-30-25(28)24(26(29)31-4-2)22(19-11-6-5-7-12-19)17-23(27)21-15-14-18-10-8-9-13-20(18)16-21/h5-16,22,24H,3-4,17H2,1-2H3. The monoisotopic (exact) mass is 418 g/mol. The van der Waals surface area contributed by atoms with Crippen molar-refractivity contribution in [3.05, 3.63) is 83.9 Å². The summed E-state index contributed by atoms with van der Waals surface area (Å²) in [6.07, 6.45) is -0.0232. The Morgan fingerprint density at radius 1 is 0.742 bits per heavy atom. The summed E-state index contributed by atoms with van der Waals surface area (Å²) < 4.78 is 10.3. The largest absolute Gasteiger partial charge is 0.465 e. The van der Waals surface area contributed by atoms with Crippen molar-refractivity contribution in [3.8, 4) is 0 Å². The van der Waals surface area contributed by atoms with Gasteiger partial charge < -0.3 is 9.47 Å². The molecule has 3 aromatic carbocycles. The fraction of sp³-hybridized carbons (Fsp3) is 0.269. The van der Waals surface area contributed by atoms with Crippen molar-refractivity contribution in [1.82, 2.24) is 0 Å². The number of benzene rings is 3. The lowest BCUT2D eigenvalue weighted by Gasteiger charge is -2.24. The molecule has 0 amide bonds. The highest BCUT2D eigenvalue weighted by molar-refractivity contribution is 6.02. The second-order valence-electron chi connectivity index (χ2n) is 7.19. The van der Waals surface area contributed by atoms with E-state index < -0.39 is 23.8 Å². The van der Waals surface area contributed by atoms with Crippen LogP contribution in [0.4, 0.5) is 0 Å². The van der Waals surface area contributed by atoms with Crippen LogP contribution in [0, 0.1) is 5.92 Å². The smallest absolute Gasteiger partial charge is 0.320 e. The zero-order valence-electron chi connectivity index (χ0n) is 17.7. The first kappa shape index (κ1) is 22.2. The minimum absolute atomic E-state index is 0.0232. The third kappa shape index (κ3) is 5.37. The van der Waals surface area contributed by atoms with E-state index in [1.165, 1.54) is 0 Å². The summed E-state index contributed by atoms with van der Waals surface area (Å²) in [5, 5.41) is 1.99. The fourth-order valence-electron chi connectivity index (χ4n) is 3.70. The molecule has 3 rings (SSSR count). The molecule has 0 N–H and O–H groups in total. The molecule has 0 aromatic heterocycles. The minimum Gasteiger partial charge on any atom is -0.465 e. The first-order valence-electron chi connectivity index (χ1n) is 10.4. The maximum absolute atomic E-state index is 13.2. The first-order chi connectivity index (χ1) is 15.0. The number of hydrogen-bond donors (Lipinski definition) is 0. The number of hydrogen-bond acceptors (Lipinski definition) is 5. The number of fused-ring (bicyclic) bond motifs is 1. The van der Waals surface area contributed by atoms with Gasteiger partial charge >= 0.3 is 11.9 Å². The molecule has 1 atom stereocenters. The lowest BCUT2D eigenvalue weighted by molar-refractivity contribution is -0.162. The normalized spacial score (nSPS) is 11.8. The van der Waals surface area contributed by atoms with Crippen LogP contribution in [0.15, 0.2) is 72.8 Å². The zero-order chi connectivity index (χ0) is 22.2. The Hall–Kier alpha value is -3.47. The molecule has 0 fully saturated rings. The van der Waals surface area contributed by atoms with Gasteiger partial charge in [0.1, 0.15) is 0 Å². The topological polar surface area (TPSA) is 69.7 Å². The Morgan fingerprint density at radius 2 is 1.32 bits per heavy atom. The van der Waals surface area contributed by atoms with Crippen molar-refractivity contribution >= 4 is 28.5 Å². The molecule has 0 radical (unpaired) electrons. The molecular weight excluding hydrogens is 392 g/mol. The summed E-state index contributed by atoms with van der Waals surface area (Å²) in [6, 6.07) is 22.4. The molecule has 3 aromatic rings. The molecule has 0 spiro atoms. The average molecular weight is 418 g/mol. The maximum atomic E-state index is 13.2. The van der Waals surface area contributed by atoms with Gasteiger partial charge in [-0.2, -0.15) is 0 Å². The van der Waals surface area contributed by atoms with Crippen LogP contribution in [-0.4, -0.2) is 30.9 Å². The number of carbonyl (C=O) groups excluding carboxylic acids is 3. The van der Waals surface area contributed by atoms with Crippen LogP contribution in [0.2, 0.25) is 0 Å². The Labute approximate surface area is 182 Å². The summed E-state index contributed by atoms with van der Waals surface area (Å²) in [5.74, 6) is -3.43. The van der Waals surface area contributed by atoms with Gasteiger partial charge in [0, 0.05) is 17.9 Å². The highest BCUT2D eigenvalue weighted by Crippen LogP contribution is 2.32. The van der Waals surface area contributed by atoms with E-state index in [2.05, 4.69) is 0 Å². The van der Waals surface area contributed by atoms with Crippen molar-refractivity contribution < 1.29 is 23.9 Å². The molecule has 0 saturated heterocycles. The Morgan fingerprint density at radius 3 is 1.94 bits per heavy atom. The van der Waals surface area contributed by atoms with Crippen LogP contribution in [0.25, 0.3) is 10.8 Å². The van der Waals surface area contributed by atoms with Gasteiger partial charge in [-0.25, -0.2) is 0 Å². The Kier molecular flexibility index (Phi) is 7.55. The number of ketones is 1. The van der Waals surface area contributed by atoms with Crippen molar-refractivity contribution in [2.75, 3.05) is 13.2 Å². The van der Waals surface area contributed by atoms with Gasteiger partial charge in [0.15, 0.2) is 11.7 Å². The highest BCUT2D eigenvalue weighted by Gasteiger charge is 2.39. The summed E-state index contributed by atoms with van der Waals surface area (Å²) in [5.41, 5.74) is 1.24. The third-order valence-electron chi connectivity index (χ3n) is 5.19. The van der Waals surface area contributed by atoms with Gasteiger partial charge in [-0.1, -0.05) is 66.7 Å². The molecular formula is C26H26O5. The molecule has 0 saturated carbocycles. The SMILES string of the molecule is CCOC(=O)C(C(=O)OCC)C(CC(=O)c1ccc2ccccc2c1)c1ccccc1. The van der Waals surface area contributed by atoms with E-state index in [4.69, 9.17) is 9.47 Å². The highest BCUT2D eigenvalue weighted by atomic mass is 16.6. The summed E-state index contributed by atoms with van der Waals surface area (Å²) in [4.78, 5) is 38.7. The number of carbonyl (C=O) groups is 3. The van der Waals surface area contributed by atoms with Crippen molar-refractivity contribution in [2.24, 2.45) is 5.92 Å². The predicted octanol–water partition coefficient (Wildman–Crippen LogP) is 4.94. The average Bonchev–Trinajstić information content (AvgIpc) is 2.79. The molecule has 0 aliphatic rings. The van der Waals surface area contributed by atoms with Gasteiger partial charge in [-0.3, -0.25) is 14.4 Å². The van der Waals surface area contributed by atoms with Crippen LogP contribution < -0.4 is 0 Å². The number of esters is 2. The van der Waals surface area contributed by atoms with E-state index >= 15 is 0 Å². The molecule has 1 unspecified atom stereocenters. The van der Waals surface area contributed by atoms with E-state index in [0.29, 0.717) is 11.1 Å². The second kappa shape index (κ2) is 10.5. The van der Waals surface area contributed by atoms with Crippen LogP contribution in [-0.2, 0) is 19.1 Å². The molecule has 31 heavy (non-hydrogen) atoms. The van der Waals surface area contributed by atoms with Crippen LogP contribution in [0.5, 0.6) is 0 Å². The maximum Gasteiger partial charge on any atom is 0.320 e. The van der Waals surface area contributed by atoms with Gasteiger partial charge in [-0.05, 0) is 36.2 Å². The molecule has 0 aliphatic carbocycles. The summed E-state index contributed by atoms with van der Waals surface area (Å²) in [6.45, 7) is 3.62. The van der Waals surface area contributed by atoms with Crippen molar-refractivity contribution in [1.29, 1.82) is 0 Å². The van der Waals surface area contributed by atoms with Gasteiger partial charge in [0.25, 0.3) is 0 Å². The van der Waals surface area contributed by atoms with Gasteiger partial charge in [0.2, 0.25) is 0 Å². The summed E-state index contributed by atoms with van der Waals surface area (Å²) in [7, 11) is 0. The molecule has 0 heterocycles. The van der Waals surface area contributed by atoms with Crippen LogP contribution in [0.1, 0.15) is 42.1 Å². The number of ether oxygens (including phenoxy) is 2. The third-order valence-corrected chi connectivity index (χ3v) is 5.19. The van der Waals surface area contributed by atoms with Gasteiger partial charge in [-0.15, -0.1) is 0 Å². The lowest BCUT2D eigenvalue weighted by atomic mass is 9.81. The van der Waals surface area contributed by atoms with E-state index in [-0.39, 0.29) is 25.4 Å². The number of Topliss-reactive ketones (excluding diaryl/α,β-unsaturated/α-hetero) is 1.